The summed E-state index contributed by atoms with van der Waals surface area (Å²) in [6.45, 7) is 0.197. The first-order chi connectivity index (χ1) is 8.58. The summed E-state index contributed by atoms with van der Waals surface area (Å²) in [5.41, 5.74) is 6.23. The second-order valence-corrected chi connectivity index (χ2v) is 7.10. The molecule has 0 aromatic heterocycles. The molecule has 0 bridgehead atoms. The van der Waals surface area contributed by atoms with Gasteiger partial charge in [0.2, 0.25) is 0 Å². The first kappa shape index (κ1) is 13.2. The van der Waals surface area contributed by atoms with Crippen molar-refractivity contribution in [3.05, 3.63) is 24.3 Å². The first-order valence-corrected chi connectivity index (χ1v) is 7.99. The van der Waals surface area contributed by atoms with Crippen LogP contribution < -0.4 is 10.5 Å². The predicted octanol–water partition coefficient (Wildman–Crippen LogP) is 2.00. The Morgan fingerprint density at radius 1 is 1.28 bits per heavy atom. The highest BCUT2D eigenvalue weighted by Crippen LogP contribution is 2.25. The third kappa shape index (κ3) is 3.38. The van der Waals surface area contributed by atoms with Gasteiger partial charge in [0, 0.05) is 11.8 Å². The number of rotatable bonds is 5. The van der Waals surface area contributed by atoms with E-state index in [1.807, 2.05) is 0 Å². The summed E-state index contributed by atoms with van der Waals surface area (Å²) in [4.78, 5) is 0. The van der Waals surface area contributed by atoms with Gasteiger partial charge in [-0.2, -0.15) is 0 Å². The van der Waals surface area contributed by atoms with Crippen molar-refractivity contribution in [3.63, 3.8) is 0 Å². The zero-order valence-electron chi connectivity index (χ0n) is 10.3. The largest absolute Gasteiger partial charge is 0.492 e. The van der Waals surface area contributed by atoms with E-state index in [2.05, 4.69) is 0 Å². The lowest BCUT2D eigenvalue weighted by Crippen LogP contribution is -2.24. The van der Waals surface area contributed by atoms with E-state index in [0.29, 0.717) is 11.4 Å². The molecular weight excluding hydrogens is 250 g/mol. The minimum Gasteiger partial charge on any atom is -0.492 e. The van der Waals surface area contributed by atoms with Gasteiger partial charge in [-0.05, 0) is 25.0 Å². The smallest absolute Gasteiger partial charge is 0.156 e. The lowest BCUT2D eigenvalue weighted by atomic mass is 10.3. The number of nitrogens with two attached hydrogens (primary N) is 1. The van der Waals surface area contributed by atoms with Crippen molar-refractivity contribution in [2.24, 2.45) is 0 Å². The number of ether oxygens (including phenoxy) is 1. The molecule has 0 heterocycles. The van der Waals surface area contributed by atoms with Gasteiger partial charge < -0.3 is 10.5 Å². The Kier molecular flexibility index (Phi) is 4.11. The van der Waals surface area contributed by atoms with Crippen molar-refractivity contribution in [2.45, 2.75) is 30.9 Å². The van der Waals surface area contributed by atoms with Crippen LogP contribution in [0.2, 0.25) is 0 Å². The highest BCUT2D eigenvalue weighted by molar-refractivity contribution is 7.92. The molecule has 0 atom stereocenters. The van der Waals surface area contributed by atoms with Gasteiger partial charge in [0.15, 0.2) is 9.84 Å². The lowest BCUT2D eigenvalue weighted by Gasteiger charge is -2.11. The third-order valence-electron chi connectivity index (χ3n) is 3.30. The average Bonchev–Trinajstić information content (AvgIpc) is 2.83. The van der Waals surface area contributed by atoms with E-state index in [4.69, 9.17) is 10.5 Å². The molecule has 2 N–H and O–H groups in total. The predicted molar refractivity (Wildman–Crippen MR) is 72.4 cm³/mol. The van der Waals surface area contributed by atoms with Crippen LogP contribution in [0, 0.1) is 0 Å². The highest BCUT2D eigenvalue weighted by atomic mass is 32.2. The normalized spacial score (nSPS) is 16.9. The standard InChI is InChI=1S/C13H19NO3S/c14-11-4-3-5-12(10-11)17-8-9-18(15,16)13-6-1-2-7-13/h3-5,10,13H,1-2,6-9,14H2. The summed E-state index contributed by atoms with van der Waals surface area (Å²) < 4.78 is 29.4. The molecule has 0 saturated heterocycles. The molecule has 0 unspecified atom stereocenters. The molecule has 100 valence electrons. The Morgan fingerprint density at radius 3 is 2.67 bits per heavy atom. The summed E-state index contributed by atoms with van der Waals surface area (Å²) >= 11 is 0. The third-order valence-corrected chi connectivity index (χ3v) is 5.53. The number of anilines is 1. The van der Waals surface area contributed by atoms with Gasteiger partial charge in [-0.15, -0.1) is 0 Å². The molecule has 5 heteroatoms. The molecule has 0 radical (unpaired) electrons. The van der Waals surface area contributed by atoms with Crippen molar-refractivity contribution < 1.29 is 13.2 Å². The van der Waals surface area contributed by atoms with Crippen LogP contribution in [0.3, 0.4) is 0 Å². The molecule has 1 saturated carbocycles. The van der Waals surface area contributed by atoms with Crippen molar-refractivity contribution in [1.29, 1.82) is 0 Å². The van der Waals surface area contributed by atoms with Gasteiger partial charge in [0.25, 0.3) is 0 Å². The lowest BCUT2D eigenvalue weighted by molar-refractivity contribution is 0.340. The average molecular weight is 269 g/mol. The molecule has 1 aromatic carbocycles. The van der Waals surface area contributed by atoms with Crippen LogP contribution in [0.25, 0.3) is 0 Å². The van der Waals surface area contributed by atoms with Crippen LogP contribution in [-0.4, -0.2) is 26.0 Å². The monoisotopic (exact) mass is 269 g/mol. The molecule has 4 nitrogen and oxygen atoms in total. The topological polar surface area (TPSA) is 69.4 Å². The Labute approximate surface area is 108 Å². The van der Waals surface area contributed by atoms with Crippen molar-refractivity contribution in [1.82, 2.24) is 0 Å². The second-order valence-electron chi connectivity index (χ2n) is 4.69. The van der Waals surface area contributed by atoms with Gasteiger partial charge in [0.1, 0.15) is 12.4 Å². The van der Waals surface area contributed by atoms with Crippen molar-refractivity contribution in [2.75, 3.05) is 18.1 Å². The molecule has 0 amide bonds. The first-order valence-electron chi connectivity index (χ1n) is 6.28. The second kappa shape index (κ2) is 5.61. The summed E-state index contributed by atoms with van der Waals surface area (Å²) in [6, 6.07) is 7.03. The molecule has 1 aliphatic carbocycles. The van der Waals surface area contributed by atoms with E-state index >= 15 is 0 Å². The minimum atomic E-state index is -3.00. The Morgan fingerprint density at radius 2 is 2.00 bits per heavy atom. The zero-order chi connectivity index (χ0) is 13.0. The quantitative estimate of drug-likeness (QED) is 0.830. The molecule has 1 aromatic rings. The fourth-order valence-corrected chi connectivity index (χ4v) is 3.99. The number of benzene rings is 1. The summed E-state index contributed by atoms with van der Waals surface area (Å²) in [7, 11) is -3.00. The van der Waals surface area contributed by atoms with Gasteiger partial charge in [-0.3, -0.25) is 0 Å². The fourth-order valence-electron chi connectivity index (χ4n) is 2.29. The van der Waals surface area contributed by atoms with E-state index in [1.165, 1.54) is 0 Å². The Hall–Kier alpha value is -1.23. The van der Waals surface area contributed by atoms with Gasteiger partial charge in [0.05, 0.1) is 11.0 Å². The maximum Gasteiger partial charge on any atom is 0.156 e. The van der Waals surface area contributed by atoms with E-state index < -0.39 is 9.84 Å². The van der Waals surface area contributed by atoms with Crippen LogP contribution in [-0.2, 0) is 9.84 Å². The maximum atomic E-state index is 12.0. The molecule has 1 fully saturated rings. The van der Waals surface area contributed by atoms with E-state index in [-0.39, 0.29) is 17.6 Å². The van der Waals surface area contributed by atoms with Gasteiger partial charge >= 0.3 is 0 Å². The van der Waals surface area contributed by atoms with Crippen molar-refractivity contribution in [3.8, 4) is 5.75 Å². The summed E-state index contributed by atoms with van der Waals surface area (Å²) in [6.07, 6.45) is 3.67. The Balaban J connectivity index is 1.84. The van der Waals surface area contributed by atoms with E-state index in [9.17, 15) is 8.42 Å². The maximum absolute atomic E-state index is 12.0. The summed E-state index contributed by atoms with van der Waals surface area (Å²) in [5.74, 6) is 0.712. The number of sulfone groups is 1. The van der Waals surface area contributed by atoms with Crippen LogP contribution in [0.4, 0.5) is 5.69 Å². The highest BCUT2D eigenvalue weighted by Gasteiger charge is 2.28. The van der Waals surface area contributed by atoms with E-state index in [1.54, 1.807) is 24.3 Å². The zero-order valence-corrected chi connectivity index (χ0v) is 11.2. The SMILES string of the molecule is Nc1cccc(OCCS(=O)(=O)C2CCCC2)c1. The molecule has 18 heavy (non-hydrogen) atoms. The van der Waals surface area contributed by atoms with Crippen LogP contribution in [0.15, 0.2) is 24.3 Å². The molecule has 2 rings (SSSR count). The van der Waals surface area contributed by atoms with Crippen LogP contribution in [0.1, 0.15) is 25.7 Å². The number of hydrogen-bond donors (Lipinski definition) is 1. The Bertz CT molecular complexity index is 493. The molecular formula is C13H19NO3S. The van der Waals surface area contributed by atoms with Crippen molar-refractivity contribution >= 4 is 15.5 Å². The molecule has 1 aliphatic rings. The molecule has 0 spiro atoms. The minimum absolute atomic E-state index is 0.0897. The fraction of sp³-hybridized carbons (Fsp3) is 0.538. The van der Waals surface area contributed by atoms with Crippen LogP contribution >= 0.6 is 0 Å². The molecule has 0 aliphatic heterocycles. The van der Waals surface area contributed by atoms with Crippen LogP contribution in [0.5, 0.6) is 5.75 Å². The number of nitrogen functional groups attached to an aromatic ring is 1. The summed E-state index contributed by atoms with van der Waals surface area (Å²) in [5, 5.41) is -0.151. The van der Waals surface area contributed by atoms with E-state index in [0.717, 1.165) is 25.7 Å². The van der Waals surface area contributed by atoms with Gasteiger partial charge in [-0.1, -0.05) is 18.9 Å². The number of hydrogen-bond acceptors (Lipinski definition) is 4. The van der Waals surface area contributed by atoms with Gasteiger partial charge in [-0.25, -0.2) is 8.42 Å².